The van der Waals surface area contributed by atoms with Gasteiger partial charge in [-0.3, -0.25) is 9.69 Å². The minimum absolute atomic E-state index is 0.185. The number of H-pyrrole nitrogens is 1. The Hall–Kier alpha value is -1.61. The van der Waals surface area contributed by atoms with E-state index in [0.29, 0.717) is 0 Å². The van der Waals surface area contributed by atoms with Gasteiger partial charge in [-0.15, -0.1) is 0 Å². The van der Waals surface area contributed by atoms with Crippen molar-refractivity contribution in [3.8, 4) is 0 Å². The van der Waals surface area contributed by atoms with Crippen LogP contribution < -0.4 is 5.43 Å². The number of hydrogen-bond donors (Lipinski definition) is 1. The number of unbranched alkanes of at least 4 members (excludes halogenated alkanes) is 1. The summed E-state index contributed by atoms with van der Waals surface area (Å²) in [6, 6.07) is 4.00. The minimum atomic E-state index is 0.185. The molecule has 3 nitrogen and oxygen atoms in total. The highest BCUT2D eigenvalue weighted by molar-refractivity contribution is 5.83. The van der Waals surface area contributed by atoms with Crippen LogP contribution in [-0.2, 0) is 6.54 Å². The first-order chi connectivity index (χ1) is 10.5. The van der Waals surface area contributed by atoms with Gasteiger partial charge in [0.2, 0.25) is 0 Å². The van der Waals surface area contributed by atoms with Crippen molar-refractivity contribution < 1.29 is 0 Å². The number of nitrogens with zero attached hydrogens (tertiary/aromatic N) is 1. The second kappa shape index (κ2) is 7.10. The van der Waals surface area contributed by atoms with Crippen molar-refractivity contribution in [1.29, 1.82) is 0 Å². The van der Waals surface area contributed by atoms with E-state index in [1.807, 2.05) is 19.1 Å². The molecule has 2 aromatic rings. The molecule has 0 atom stereocenters. The molecular weight excluding hydrogens is 272 g/mol. The van der Waals surface area contributed by atoms with E-state index in [9.17, 15) is 4.79 Å². The third-order valence-electron chi connectivity index (χ3n) is 4.68. The monoisotopic (exact) mass is 300 g/mol. The Morgan fingerprint density at radius 1 is 1.14 bits per heavy atom. The molecule has 2 rings (SSSR count). The summed E-state index contributed by atoms with van der Waals surface area (Å²) in [5.41, 5.74) is 5.47. The lowest BCUT2D eigenvalue weighted by Crippen LogP contribution is -2.28. The van der Waals surface area contributed by atoms with Crippen LogP contribution in [0.2, 0.25) is 0 Å². The van der Waals surface area contributed by atoms with E-state index in [2.05, 4.69) is 37.6 Å². The molecule has 0 saturated heterocycles. The maximum Gasteiger partial charge on any atom is 0.194 e. The molecule has 0 spiro atoms. The largest absolute Gasteiger partial charge is 0.358 e. The molecule has 0 aliphatic rings. The highest BCUT2D eigenvalue weighted by Gasteiger charge is 2.14. The number of benzene rings is 1. The molecule has 0 aliphatic heterocycles. The summed E-state index contributed by atoms with van der Waals surface area (Å²) in [6.45, 7) is 13.3. The maximum atomic E-state index is 12.9. The molecule has 0 amide bonds. The van der Waals surface area contributed by atoms with Crippen LogP contribution in [0.1, 0.15) is 49.1 Å². The average Bonchev–Trinajstić information content (AvgIpc) is 2.50. The Balaban J connectivity index is 2.47. The van der Waals surface area contributed by atoms with E-state index in [1.54, 1.807) is 0 Å². The van der Waals surface area contributed by atoms with Crippen molar-refractivity contribution in [3.63, 3.8) is 0 Å². The second-order valence-corrected chi connectivity index (χ2v) is 6.21. The molecule has 120 valence electrons. The van der Waals surface area contributed by atoms with Crippen LogP contribution in [0.3, 0.4) is 0 Å². The lowest BCUT2D eigenvalue weighted by atomic mass is 10.0. The molecule has 0 bridgehead atoms. The number of aryl methyl sites for hydroxylation is 3. The summed E-state index contributed by atoms with van der Waals surface area (Å²) in [5, 5.41) is 0.815. The van der Waals surface area contributed by atoms with E-state index >= 15 is 0 Å². The highest BCUT2D eigenvalue weighted by atomic mass is 16.1. The van der Waals surface area contributed by atoms with Crippen LogP contribution in [0.25, 0.3) is 10.9 Å². The molecule has 22 heavy (non-hydrogen) atoms. The summed E-state index contributed by atoms with van der Waals surface area (Å²) in [4.78, 5) is 18.7. The topological polar surface area (TPSA) is 36.1 Å². The number of aromatic amines is 1. The highest BCUT2D eigenvalue weighted by Crippen LogP contribution is 2.19. The predicted octanol–water partition coefficient (Wildman–Crippen LogP) is 4.08. The van der Waals surface area contributed by atoms with Crippen LogP contribution >= 0.6 is 0 Å². The van der Waals surface area contributed by atoms with Crippen molar-refractivity contribution in [2.24, 2.45) is 0 Å². The number of nitrogens with one attached hydrogen (secondary N) is 1. The van der Waals surface area contributed by atoms with E-state index in [0.717, 1.165) is 41.8 Å². The van der Waals surface area contributed by atoms with Gasteiger partial charge in [0, 0.05) is 23.2 Å². The number of fused-ring (bicyclic) bond motifs is 1. The number of pyridine rings is 1. The summed E-state index contributed by atoms with van der Waals surface area (Å²) >= 11 is 0. The van der Waals surface area contributed by atoms with Crippen molar-refractivity contribution >= 4 is 10.9 Å². The average molecular weight is 300 g/mol. The molecule has 0 unspecified atom stereocenters. The van der Waals surface area contributed by atoms with Crippen molar-refractivity contribution in [2.75, 3.05) is 13.1 Å². The van der Waals surface area contributed by atoms with Crippen LogP contribution in [0, 0.1) is 20.8 Å². The second-order valence-electron chi connectivity index (χ2n) is 6.21. The van der Waals surface area contributed by atoms with E-state index in [1.165, 1.54) is 24.0 Å². The summed E-state index contributed by atoms with van der Waals surface area (Å²) in [5.74, 6) is 0. The lowest BCUT2D eigenvalue weighted by molar-refractivity contribution is 0.274. The Kier molecular flexibility index (Phi) is 5.41. The molecule has 0 fully saturated rings. The fourth-order valence-corrected chi connectivity index (χ4v) is 2.91. The zero-order valence-electron chi connectivity index (χ0n) is 14.5. The quantitative estimate of drug-likeness (QED) is 0.872. The SMILES string of the molecule is CCCCN(CC)Cc1c(C)[nH]c2c(C)c(C)ccc2c1=O. The van der Waals surface area contributed by atoms with Gasteiger partial charge in [-0.2, -0.15) is 0 Å². The zero-order chi connectivity index (χ0) is 16.3. The van der Waals surface area contributed by atoms with Gasteiger partial charge in [0.1, 0.15) is 0 Å². The molecule has 3 heteroatoms. The molecule has 0 radical (unpaired) electrons. The molecular formula is C19H28N2O. The van der Waals surface area contributed by atoms with Crippen LogP contribution in [-0.4, -0.2) is 23.0 Å². The molecule has 1 aromatic heterocycles. The molecule has 1 aromatic carbocycles. The van der Waals surface area contributed by atoms with Crippen LogP contribution in [0.5, 0.6) is 0 Å². The molecule has 1 N–H and O–H groups in total. The zero-order valence-corrected chi connectivity index (χ0v) is 14.5. The fraction of sp³-hybridized carbons (Fsp3) is 0.526. The Morgan fingerprint density at radius 2 is 1.86 bits per heavy atom. The van der Waals surface area contributed by atoms with Crippen LogP contribution in [0.15, 0.2) is 16.9 Å². The number of aromatic nitrogens is 1. The van der Waals surface area contributed by atoms with E-state index < -0.39 is 0 Å². The van der Waals surface area contributed by atoms with Crippen molar-refractivity contribution in [2.45, 2.75) is 54.0 Å². The standard InChI is InChI=1S/C19H28N2O/c1-6-8-11-21(7-2)12-17-15(5)20-18-14(4)13(3)9-10-16(18)19(17)22/h9-10H,6-8,11-12H2,1-5H3,(H,20,22). The van der Waals surface area contributed by atoms with Gasteiger partial charge in [-0.1, -0.05) is 26.3 Å². The summed E-state index contributed by atoms with van der Waals surface area (Å²) in [7, 11) is 0. The first-order valence-corrected chi connectivity index (χ1v) is 8.33. The molecule has 0 saturated carbocycles. The minimum Gasteiger partial charge on any atom is -0.358 e. The summed E-state index contributed by atoms with van der Waals surface area (Å²) < 4.78 is 0. The maximum absolute atomic E-state index is 12.9. The lowest BCUT2D eigenvalue weighted by Gasteiger charge is -2.21. The Morgan fingerprint density at radius 3 is 2.50 bits per heavy atom. The molecule has 0 aliphatic carbocycles. The third kappa shape index (κ3) is 3.25. The normalized spacial score (nSPS) is 11.5. The Bertz CT molecular complexity index is 715. The molecule has 1 heterocycles. The van der Waals surface area contributed by atoms with Crippen LogP contribution in [0.4, 0.5) is 0 Å². The Labute approximate surface area is 133 Å². The van der Waals surface area contributed by atoms with Gasteiger partial charge in [0.15, 0.2) is 5.43 Å². The third-order valence-corrected chi connectivity index (χ3v) is 4.68. The number of rotatable bonds is 6. The predicted molar refractivity (Wildman–Crippen MR) is 94.6 cm³/mol. The fourth-order valence-electron chi connectivity index (χ4n) is 2.91. The van der Waals surface area contributed by atoms with Crippen molar-refractivity contribution in [1.82, 2.24) is 9.88 Å². The van der Waals surface area contributed by atoms with Gasteiger partial charge in [0.05, 0.1) is 5.52 Å². The van der Waals surface area contributed by atoms with E-state index in [-0.39, 0.29) is 5.43 Å². The number of hydrogen-bond acceptors (Lipinski definition) is 2. The first-order valence-electron chi connectivity index (χ1n) is 8.33. The van der Waals surface area contributed by atoms with Gasteiger partial charge < -0.3 is 4.98 Å². The smallest absolute Gasteiger partial charge is 0.194 e. The summed E-state index contributed by atoms with van der Waals surface area (Å²) in [6.07, 6.45) is 2.36. The van der Waals surface area contributed by atoms with Crippen molar-refractivity contribution in [3.05, 3.63) is 44.7 Å². The first kappa shape index (κ1) is 16.8. The van der Waals surface area contributed by atoms with Gasteiger partial charge in [-0.25, -0.2) is 0 Å². The van der Waals surface area contributed by atoms with E-state index in [4.69, 9.17) is 0 Å². The van der Waals surface area contributed by atoms with Gasteiger partial charge >= 0.3 is 0 Å². The van der Waals surface area contributed by atoms with Gasteiger partial charge in [-0.05, 0) is 57.5 Å². The van der Waals surface area contributed by atoms with Gasteiger partial charge in [0.25, 0.3) is 0 Å².